The molecule has 0 aromatic carbocycles. The van der Waals surface area contributed by atoms with Crippen molar-refractivity contribution < 1.29 is 4.74 Å². The summed E-state index contributed by atoms with van der Waals surface area (Å²) in [5.41, 5.74) is 0.375. The maximum atomic E-state index is 5.82. The number of hydrogen-bond acceptors (Lipinski definition) is 2. The normalized spacial score (nSPS) is 18.5. The molecule has 0 amide bonds. The van der Waals surface area contributed by atoms with Crippen LogP contribution in [0.4, 0.5) is 0 Å². The quantitative estimate of drug-likeness (QED) is 0.776. The second-order valence-corrected chi connectivity index (χ2v) is 5.59. The van der Waals surface area contributed by atoms with Crippen molar-refractivity contribution in [3.8, 4) is 5.75 Å². The summed E-state index contributed by atoms with van der Waals surface area (Å²) in [6, 6.07) is 0.395. The van der Waals surface area contributed by atoms with Gasteiger partial charge in [-0.15, -0.1) is 0 Å². The fraction of sp³-hybridized carbons (Fsp3) is 0.750. The van der Waals surface area contributed by atoms with E-state index in [1.807, 2.05) is 10.9 Å². The van der Waals surface area contributed by atoms with Gasteiger partial charge >= 0.3 is 0 Å². The molecule has 0 aliphatic heterocycles. The second-order valence-electron chi connectivity index (χ2n) is 5.03. The van der Waals surface area contributed by atoms with E-state index in [4.69, 9.17) is 4.74 Å². The lowest BCUT2D eigenvalue weighted by molar-refractivity contribution is 0.0837. The first-order valence-electron chi connectivity index (χ1n) is 5.88. The zero-order valence-electron chi connectivity index (χ0n) is 9.95. The van der Waals surface area contributed by atoms with E-state index in [-0.39, 0.29) is 0 Å². The topological polar surface area (TPSA) is 27.1 Å². The van der Waals surface area contributed by atoms with E-state index < -0.39 is 0 Å². The number of ether oxygens (including phenoxy) is 1. The summed E-state index contributed by atoms with van der Waals surface area (Å²) in [6.45, 7) is 5.04. The Hall–Kier alpha value is -0.510. The molecule has 2 rings (SSSR count). The van der Waals surface area contributed by atoms with E-state index in [1.165, 1.54) is 19.3 Å². The average molecular weight is 287 g/mol. The van der Waals surface area contributed by atoms with Crippen LogP contribution in [-0.4, -0.2) is 21.7 Å². The van der Waals surface area contributed by atoms with Crippen molar-refractivity contribution in [3.05, 3.63) is 12.4 Å². The molecule has 3 nitrogen and oxygen atoms in total. The molecule has 1 aliphatic carbocycles. The first-order chi connectivity index (χ1) is 7.65. The smallest absolute Gasteiger partial charge is 0.157 e. The van der Waals surface area contributed by atoms with Gasteiger partial charge < -0.3 is 4.74 Å². The van der Waals surface area contributed by atoms with Crippen LogP contribution < -0.4 is 4.74 Å². The Balaban J connectivity index is 1.89. The molecule has 1 aliphatic rings. The van der Waals surface area contributed by atoms with Crippen molar-refractivity contribution in [2.45, 2.75) is 39.2 Å². The molecule has 0 radical (unpaired) electrons. The van der Waals surface area contributed by atoms with E-state index in [2.05, 4.69) is 34.9 Å². The Kier molecular flexibility index (Phi) is 3.57. The lowest BCUT2D eigenvalue weighted by Crippen LogP contribution is -2.37. The third kappa shape index (κ3) is 2.42. The number of hydrogen-bond donors (Lipinski definition) is 0. The first-order valence-corrected chi connectivity index (χ1v) is 7.00. The molecule has 0 N–H and O–H groups in total. The Morgan fingerprint density at radius 2 is 2.31 bits per heavy atom. The van der Waals surface area contributed by atoms with Gasteiger partial charge in [-0.2, -0.15) is 5.10 Å². The van der Waals surface area contributed by atoms with Crippen LogP contribution in [0.5, 0.6) is 5.75 Å². The van der Waals surface area contributed by atoms with Crippen molar-refractivity contribution in [2.24, 2.45) is 5.41 Å². The number of halogens is 1. The van der Waals surface area contributed by atoms with Gasteiger partial charge in [0.05, 0.1) is 19.0 Å². The van der Waals surface area contributed by atoms with Gasteiger partial charge in [-0.3, -0.25) is 4.68 Å². The fourth-order valence-electron chi connectivity index (χ4n) is 1.91. The maximum absolute atomic E-state index is 5.82. The lowest BCUT2D eigenvalue weighted by Gasteiger charge is -2.39. The van der Waals surface area contributed by atoms with Crippen molar-refractivity contribution in [2.75, 3.05) is 11.9 Å². The minimum absolute atomic E-state index is 0.375. The van der Waals surface area contributed by atoms with Gasteiger partial charge in [-0.25, -0.2) is 0 Å². The van der Waals surface area contributed by atoms with E-state index in [0.29, 0.717) is 11.5 Å². The third-order valence-electron chi connectivity index (χ3n) is 3.35. The molecule has 1 fully saturated rings. The van der Waals surface area contributed by atoms with Crippen LogP contribution in [0.1, 0.15) is 39.2 Å². The van der Waals surface area contributed by atoms with Crippen molar-refractivity contribution in [3.63, 3.8) is 0 Å². The molecular formula is C12H19BrN2O. The molecule has 0 saturated heterocycles. The van der Waals surface area contributed by atoms with Crippen LogP contribution in [0, 0.1) is 5.41 Å². The molecule has 90 valence electrons. The van der Waals surface area contributed by atoms with Gasteiger partial charge in [-0.05, 0) is 26.7 Å². The molecular weight excluding hydrogens is 268 g/mol. The molecule has 1 heterocycles. The van der Waals surface area contributed by atoms with Crippen LogP contribution in [0.25, 0.3) is 0 Å². The molecule has 4 heteroatoms. The largest absolute Gasteiger partial charge is 0.490 e. The first kappa shape index (κ1) is 12.0. The highest BCUT2D eigenvalue weighted by Gasteiger charge is 2.36. The van der Waals surface area contributed by atoms with Gasteiger partial charge in [0, 0.05) is 16.8 Å². The van der Waals surface area contributed by atoms with E-state index >= 15 is 0 Å². The molecule has 16 heavy (non-hydrogen) atoms. The van der Waals surface area contributed by atoms with Gasteiger partial charge in [0.2, 0.25) is 0 Å². The Morgan fingerprint density at radius 1 is 1.56 bits per heavy atom. The molecule has 1 aromatic rings. The van der Waals surface area contributed by atoms with E-state index in [0.717, 1.165) is 17.7 Å². The zero-order valence-corrected chi connectivity index (χ0v) is 11.5. The predicted molar refractivity (Wildman–Crippen MR) is 68.2 cm³/mol. The standard InChI is InChI=1S/C12H19BrN2O/c1-10(2)15-7-11(6-14-15)16-9-12(8-13)4-3-5-12/h6-7,10H,3-5,8-9H2,1-2H3. The number of rotatable bonds is 5. The monoisotopic (exact) mass is 286 g/mol. The molecule has 1 aromatic heterocycles. The van der Waals surface area contributed by atoms with Gasteiger partial charge in [0.25, 0.3) is 0 Å². The number of alkyl halides is 1. The Labute approximate surface area is 105 Å². The van der Waals surface area contributed by atoms with Gasteiger partial charge in [-0.1, -0.05) is 22.4 Å². The zero-order chi connectivity index (χ0) is 11.6. The SMILES string of the molecule is CC(C)n1cc(OCC2(CBr)CCC2)cn1. The van der Waals surface area contributed by atoms with Crippen LogP contribution in [0.3, 0.4) is 0 Å². The molecule has 0 unspecified atom stereocenters. The van der Waals surface area contributed by atoms with Gasteiger partial charge in [0.15, 0.2) is 5.75 Å². The summed E-state index contributed by atoms with van der Waals surface area (Å²) in [5.74, 6) is 0.890. The molecule has 1 saturated carbocycles. The van der Waals surface area contributed by atoms with E-state index in [9.17, 15) is 0 Å². The van der Waals surface area contributed by atoms with Crippen LogP contribution in [0.15, 0.2) is 12.4 Å². The Bertz CT molecular complexity index is 339. The molecule has 0 spiro atoms. The van der Waals surface area contributed by atoms with Crippen LogP contribution in [-0.2, 0) is 0 Å². The summed E-state index contributed by atoms with van der Waals surface area (Å²) in [5, 5.41) is 5.31. The minimum atomic E-state index is 0.375. The van der Waals surface area contributed by atoms with E-state index in [1.54, 1.807) is 6.20 Å². The van der Waals surface area contributed by atoms with Crippen LogP contribution in [0.2, 0.25) is 0 Å². The lowest BCUT2D eigenvalue weighted by atomic mass is 9.71. The highest BCUT2D eigenvalue weighted by Crippen LogP contribution is 2.42. The maximum Gasteiger partial charge on any atom is 0.157 e. The summed E-state index contributed by atoms with van der Waals surface area (Å²) < 4.78 is 7.75. The summed E-state index contributed by atoms with van der Waals surface area (Å²) in [4.78, 5) is 0. The second kappa shape index (κ2) is 4.78. The number of aromatic nitrogens is 2. The highest BCUT2D eigenvalue weighted by molar-refractivity contribution is 9.09. The molecule has 0 atom stereocenters. The van der Waals surface area contributed by atoms with Crippen molar-refractivity contribution >= 4 is 15.9 Å². The fourth-order valence-corrected chi connectivity index (χ4v) is 2.63. The van der Waals surface area contributed by atoms with Crippen molar-refractivity contribution in [1.29, 1.82) is 0 Å². The highest BCUT2D eigenvalue weighted by atomic mass is 79.9. The third-order valence-corrected chi connectivity index (χ3v) is 4.54. The number of nitrogens with zero attached hydrogens (tertiary/aromatic N) is 2. The Morgan fingerprint density at radius 3 is 2.75 bits per heavy atom. The summed E-state index contributed by atoms with van der Waals surface area (Å²) in [7, 11) is 0. The summed E-state index contributed by atoms with van der Waals surface area (Å²) >= 11 is 3.58. The molecule has 0 bridgehead atoms. The van der Waals surface area contributed by atoms with Crippen LogP contribution >= 0.6 is 15.9 Å². The van der Waals surface area contributed by atoms with Gasteiger partial charge in [0.1, 0.15) is 0 Å². The summed E-state index contributed by atoms with van der Waals surface area (Å²) in [6.07, 6.45) is 7.67. The minimum Gasteiger partial charge on any atom is -0.490 e. The predicted octanol–water partition coefficient (Wildman–Crippen LogP) is 3.41. The average Bonchev–Trinajstić information content (AvgIpc) is 2.65. The van der Waals surface area contributed by atoms with Crippen molar-refractivity contribution in [1.82, 2.24) is 9.78 Å².